The number of para-hydroxylation sites is 1. The molecule has 5 aromatic rings. The maximum absolute atomic E-state index is 13.5. The fourth-order valence-electron chi connectivity index (χ4n) is 3.79. The highest BCUT2D eigenvalue weighted by molar-refractivity contribution is 6.22. The van der Waals surface area contributed by atoms with Crippen LogP contribution in [0.1, 0.15) is 0 Å². The highest BCUT2D eigenvalue weighted by atomic mass is 19.1. The lowest BCUT2D eigenvalue weighted by Gasteiger charge is -2.07. The average molecular weight is 299 g/mol. The van der Waals surface area contributed by atoms with E-state index < -0.39 is 0 Å². The Balaban J connectivity index is 2.06. The summed E-state index contributed by atoms with van der Waals surface area (Å²) in [6.07, 6.45) is 0. The summed E-state index contributed by atoms with van der Waals surface area (Å²) in [6.45, 7) is 0. The molecule has 0 aliphatic carbocycles. The lowest BCUT2D eigenvalue weighted by molar-refractivity contribution is 0.630. The van der Waals surface area contributed by atoms with Crippen molar-refractivity contribution < 1.29 is 4.39 Å². The third-order valence-corrected chi connectivity index (χ3v) is 4.84. The van der Waals surface area contributed by atoms with Crippen LogP contribution in [-0.2, 0) is 7.05 Å². The average Bonchev–Trinajstić information content (AvgIpc) is 2.88. The van der Waals surface area contributed by atoms with Crippen LogP contribution in [0.15, 0.2) is 66.7 Å². The summed E-state index contributed by atoms with van der Waals surface area (Å²) in [5, 5.41) is 6.94. The van der Waals surface area contributed by atoms with Gasteiger partial charge >= 0.3 is 0 Å². The third kappa shape index (κ3) is 1.61. The topological polar surface area (TPSA) is 4.93 Å². The van der Waals surface area contributed by atoms with Gasteiger partial charge in [0.05, 0.1) is 5.52 Å². The molecule has 0 atom stereocenters. The summed E-state index contributed by atoms with van der Waals surface area (Å²) in [7, 11) is 2.11. The van der Waals surface area contributed by atoms with E-state index in [-0.39, 0.29) is 5.82 Å². The van der Waals surface area contributed by atoms with Crippen LogP contribution in [0.25, 0.3) is 43.4 Å². The highest BCUT2D eigenvalue weighted by Crippen LogP contribution is 2.36. The minimum Gasteiger partial charge on any atom is -0.343 e. The Bertz CT molecular complexity index is 1230. The van der Waals surface area contributed by atoms with Gasteiger partial charge in [-0.1, -0.05) is 48.5 Å². The summed E-state index contributed by atoms with van der Waals surface area (Å²) in [5.74, 6) is -0.192. The zero-order valence-electron chi connectivity index (χ0n) is 12.7. The molecule has 1 aromatic heterocycles. The van der Waals surface area contributed by atoms with Gasteiger partial charge in [0.15, 0.2) is 0 Å². The van der Waals surface area contributed by atoms with Crippen LogP contribution in [0.5, 0.6) is 0 Å². The molecule has 0 amide bonds. The van der Waals surface area contributed by atoms with Crippen molar-refractivity contribution in [2.24, 2.45) is 7.05 Å². The Hall–Kier alpha value is -2.87. The first kappa shape index (κ1) is 12.7. The highest BCUT2D eigenvalue weighted by Gasteiger charge is 2.12. The molecule has 0 saturated heterocycles. The van der Waals surface area contributed by atoms with Crippen LogP contribution in [0.4, 0.5) is 4.39 Å². The smallest absolute Gasteiger partial charge is 0.123 e. The van der Waals surface area contributed by atoms with Crippen molar-refractivity contribution >= 4 is 43.4 Å². The van der Waals surface area contributed by atoms with E-state index in [0.29, 0.717) is 0 Å². The molecule has 1 heterocycles. The van der Waals surface area contributed by atoms with Crippen molar-refractivity contribution in [3.05, 3.63) is 72.5 Å². The van der Waals surface area contributed by atoms with E-state index in [1.54, 1.807) is 6.07 Å². The molecule has 0 spiro atoms. The van der Waals surface area contributed by atoms with Crippen LogP contribution in [0.3, 0.4) is 0 Å². The molecule has 0 N–H and O–H groups in total. The fraction of sp³-hybridized carbons (Fsp3) is 0.0476. The lowest BCUT2D eigenvalue weighted by atomic mass is 9.99. The SMILES string of the molecule is Cn1c2ccccc2c2ccc3c4ccc(F)cc4ccc3c21. The zero-order chi connectivity index (χ0) is 15.6. The molecular weight excluding hydrogens is 285 g/mol. The summed E-state index contributed by atoms with van der Waals surface area (Å²) in [5.41, 5.74) is 2.46. The Morgan fingerprint density at radius 2 is 1.39 bits per heavy atom. The first-order valence-electron chi connectivity index (χ1n) is 7.72. The van der Waals surface area contributed by atoms with E-state index in [2.05, 4.69) is 54.1 Å². The number of hydrogen-bond acceptors (Lipinski definition) is 0. The Labute approximate surface area is 132 Å². The van der Waals surface area contributed by atoms with Crippen LogP contribution < -0.4 is 0 Å². The number of nitrogens with zero attached hydrogens (tertiary/aromatic N) is 1. The quantitative estimate of drug-likeness (QED) is 0.320. The van der Waals surface area contributed by atoms with Gasteiger partial charge in [0, 0.05) is 28.7 Å². The normalized spacial score (nSPS) is 11.9. The van der Waals surface area contributed by atoms with Crippen molar-refractivity contribution in [1.29, 1.82) is 0 Å². The Kier molecular flexibility index (Phi) is 2.38. The van der Waals surface area contributed by atoms with E-state index >= 15 is 0 Å². The number of rotatable bonds is 0. The van der Waals surface area contributed by atoms with E-state index in [0.717, 1.165) is 10.8 Å². The molecule has 5 rings (SSSR count). The van der Waals surface area contributed by atoms with Gasteiger partial charge in [0.1, 0.15) is 5.82 Å². The summed E-state index contributed by atoms with van der Waals surface area (Å²) < 4.78 is 15.7. The van der Waals surface area contributed by atoms with Gasteiger partial charge < -0.3 is 4.57 Å². The molecule has 110 valence electrons. The molecule has 1 nitrogen and oxygen atoms in total. The van der Waals surface area contributed by atoms with Crippen molar-refractivity contribution in [2.45, 2.75) is 0 Å². The van der Waals surface area contributed by atoms with Gasteiger partial charge in [-0.2, -0.15) is 0 Å². The maximum atomic E-state index is 13.5. The number of halogens is 1. The molecule has 0 bridgehead atoms. The minimum absolute atomic E-state index is 0.192. The molecule has 4 aromatic carbocycles. The largest absolute Gasteiger partial charge is 0.343 e. The Morgan fingerprint density at radius 3 is 2.30 bits per heavy atom. The van der Waals surface area contributed by atoms with Gasteiger partial charge in [-0.25, -0.2) is 4.39 Å². The summed E-state index contributed by atoms with van der Waals surface area (Å²) >= 11 is 0. The number of fused-ring (bicyclic) bond motifs is 7. The van der Waals surface area contributed by atoms with Crippen LogP contribution >= 0.6 is 0 Å². The van der Waals surface area contributed by atoms with Crippen molar-refractivity contribution in [3.63, 3.8) is 0 Å². The van der Waals surface area contributed by atoms with E-state index in [4.69, 9.17) is 0 Å². The second kappa shape index (κ2) is 4.32. The van der Waals surface area contributed by atoms with Crippen LogP contribution in [-0.4, -0.2) is 4.57 Å². The molecule has 0 fully saturated rings. The second-order valence-electron chi connectivity index (χ2n) is 6.06. The standard InChI is InChI=1S/C21H14FN/c1-23-20-5-3-2-4-17(20)19-11-10-16-15-9-7-14(22)12-13(15)6-8-18(16)21(19)23/h2-12H,1H3. The number of aromatic nitrogens is 1. The summed E-state index contributed by atoms with van der Waals surface area (Å²) in [6, 6.07) is 21.9. The molecule has 0 aliphatic rings. The second-order valence-corrected chi connectivity index (χ2v) is 6.06. The first-order chi connectivity index (χ1) is 11.2. The molecule has 0 unspecified atom stereocenters. The Morgan fingerprint density at radius 1 is 0.696 bits per heavy atom. The predicted molar refractivity (Wildman–Crippen MR) is 95.4 cm³/mol. The molecular formula is C21H14FN. The van der Waals surface area contributed by atoms with Crippen LogP contribution in [0.2, 0.25) is 0 Å². The molecule has 2 heteroatoms. The van der Waals surface area contributed by atoms with Gasteiger partial charge in [0.25, 0.3) is 0 Å². The van der Waals surface area contributed by atoms with Gasteiger partial charge in [-0.05, 0) is 34.4 Å². The monoisotopic (exact) mass is 299 g/mol. The lowest BCUT2D eigenvalue weighted by Crippen LogP contribution is -1.88. The van der Waals surface area contributed by atoms with Gasteiger partial charge in [-0.3, -0.25) is 0 Å². The van der Waals surface area contributed by atoms with Crippen molar-refractivity contribution in [3.8, 4) is 0 Å². The number of benzene rings is 4. The van der Waals surface area contributed by atoms with E-state index in [1.165, 1.54) is 38.6 Å². The van der Waals surface area contributed by atoms with Crippen molar-refractivity contribution in [2.75, 3.05) is 0 Å². The molecule has 23 heavy (non-hydrogen) atoms. The molecule has 0 saturated carbocycles. The van der Waals surface area contributed by atoms with Crippen molar-refractivity contribution in [1.82, 2.24) is 4.57 Å². The third-order valence-electron chi connectivity index (χ3n) is 4.84. The van der Waals surface area contributed by atoms with E-state index in [1.807, 2.05) is 12.1 Å². The van der Waals surface area contributed by atoms with E-state index in [9.17, 15) is 4.39 Å². The summed E-state index contributed by atoms with van der Waals surface area (Å²) in [4.78, 5) is 0. The zero-order valence-corrected chi connectivity index (χ0v) is 12.7. The number of aryl methyl sites for hydroxylation is 1. The van der Waals surface area contributed by atoms with Gasteiger partial charge in [0.2, 0.25) is 0 Å². The van der Waals surface area contributed by atoms with Crippen LogP contribution in [0, 0.1) is 5.82 Å². The molecule has 0 aliphatic heterocycles. The maximum Gasteiger partial charge on any atom is 0.123 e. The fourth-order valence-corrected chi connectivity index (χ4v) is 3.79. The molecule has 0 radical (unpaired) electrons. The number of hydrogen-bond donors (Lipinski definition) is 0. The minimum atomic E-state index is -0.192. The van der Waals surface area contributed by atoms with Gasteiger partial charge in [-0.15, -0.1) is 0 Å². The first-order valence-corrected chi connectivity index (χ1v) is 7.72. The predicted octanol–water partition coefficient (Wildman–Crippen LogP) is 5.78.